The second-order valence-electron chi connectivity index (χ2n) is 4.81. The van der Waals surface area contributed by atoms with Crippen LogP contribution in [-0.2, 0) is 20.1 Å². The standard InChI is InChI=1S/C14H16ClN3O2/c1-17(7-10-6-16-18(2)8-10)9-12-4-3-11(14(19)20)5-13(12)15/h3-6,8H,7,9H2,1-2H3,(H,19,20). The minimum Gasteiger partial charge on any atom is -0.478 e. The molecule has 0 fully saturated rings. The van der Waals surface area contributed by atoms with E-state index in [1.165, 1.54) is 6.07 Å². The van der Waals surface area contributed by atoms with Crippen molar-refractivity contribution in [1.29, 1.82) is 0 Å². The zero-order valence-electron chi connectivity index (χ0n) is 11.4. The highest BCUT2D eigenvalue weighted by atomic mass is 35.5. The van der Waals surface area contributed by atoms with Crippen molar-refractivity contribution in [3.8, 4) is 0 Å². The van der Waals surface area contributed by atoms with Crippen molar-refractivity contribution in [3.05, 3.63) is 52.3 Å². The highest BCUT2D eigenvalue weighted by molar-refractivity contribution is 6.31. The van der Waals surface area contributed by atoms with Crippen molar-refractivity contribution < 1.29 is 9.90 Å². The first-order valence-electron chi connectivity index (χ1n) is 6.13. The summed E-state index contributed by atoms with van der Waals surface area (Å²) < 4.78 is 1.76. The van der Waals surface area contributed by atoms with Crippen molar-refractivity contribution in [2.24, 2.45) is 7.05 Å². The van der Waals surface area contributed by atoms with Gasteiger partial charge in [0, 0.05) is 36.9 Å². The molecule has 6 heteroatoms. The number of carboxylic acids is 1. The van der Waals surface area contributed by atoms with Crippen LogP contribution in [-0.4, -0.2) is 32.8 Å². The average molecular weight is 294 g/mol. The Morgan fingerprint density at radius 1 is 1.45 bits per heavy atom. The highest BCUT2D eigenvalue weighted by Gasteiger charge is 2.09. The molecule has 5 nitrogen and oxygen atoms in total. The molecule has 20 heavy (non-hydrogen) atoms. The number of halogens is 1. The molecule has 2 aromatic rings. The Hall–Kier alpha value is -1.85. The second kappa shape index (κ2) is 6.07. The molecule has 0 spiro atoms. The van der Waals surface area contributed by atoms with Crippen molar-refractivity contribution in [1.82, 2.24) is 14.7 Å². The van der Waals surface area contributed by atoms with Gasteiger partial charge in [0.2, 0.25) is 0 Å². The van der Waals surface area contributed by atoms with Crippen LogP contribution in [0.4, 0.5) is 0 Å². The Labute approximate surface area is 122 Å². The van der Waals surface area contributed by atoms with Crippen LogP contribution in [0, 0.1) is 0 Å². The normalized spacial score (nSPS) is 11.0. The number of aromatic carboxylic acids is 1. The SMILES string of the molecule is CN(Cc1cnn(C)c1)Cc1ccc(C(=O)O)cc1Cl. The topological polar surface area (TPSA) is 58.4 Å². The van der Waals surface area contributed by atoms with Crippen LogP contribution in [0.5, 0.6) is 0 Å². The number of carbonyl (C=O) groups is 1. The van der Waals surface area contributed by atoms with Crippen molar-refractivity contribution in [2.75, 3.05) is 7.05 Å². The predicted octanol–water partition coefficient (Wildman–Crippen LogP) is 2.40. The van der Waals surface area contributed by atoms with E-state index >= 15 is 0 Å². The lowest BCUT2D eigenvalue weighted by molar-refractivity contribution is 0.0697. The Morgan fingerprint density at radius 3 is 2.75 bits per heavy atom. The smallest absolute Gasteiger partial charge is 0.335 e. The number of nitrogens with zero attached hydrogens (tertiary/aromatic N) is 3. The third-order valence-corrected chi connectivity index (χ3v) is 3.30. The van der Waals surface area contributed by atoms with Crippen molar-refractivity contribution >= 4 is 17.6 Å². The lowest BCUT2D eigenvalue weighted by atomic mass is 10.1. The van der Waals surface area contributed by atoms with Crippen LogP contribution in [0.2, 0.25) is 5.02 Å². The van der Waals surface area contributed by atoms with Crippen LogP contribution >= 0.6 is 11.6 Å². The Balaban J connectivity index is 2.04. The largest absolute Gasteiger partial charge is 0.478 e. The summed E-state index contributed by atoms with van der Waals surface area (Å²) in [5, 5.41) is 13.5. The van der Waals surface area contributed by atoms with E-state index in [-0.39, 0.29) is 5.56 Å². The number of rotatable bonds is 5. The molecule has 1 aromatic carbocycles. The summed E-state index contributed by atoms with van der Waals surface area (Å²) in [4.78, 5) is 12.9. The maximum atomic E-state index is 10.9. The summed E-state index contributed by atoms with van der Waals surface area (Å²) >= 11 is 6.12. The van der Waals surface area contributed by atoms with Gasteiger partial charge in [0.15, 0.2) is 0 Å². The predicted molar refractivity (Wildman–Crippen MR) is 76.8 cm³/mol. The van der Waals surface area contributed by atoms with Gasteiger partial charge >= 0.3 is 5.97 Å². The molecular formula is C14H16ClN3O2. The molecule has 1 heterocycles. The number of aryl methyl sites for hydroxylation is 1. The quantitative estimate of drug-likeness (QED) is 0.920. The van der Waals surface area contributed by atoms with Gasteiger partial charge in [-0.1, -0.05) is 17.7 Å². The van der Waals surface area contributed by atoms with Gasteiger partial charge in [-0.05, 0) is 24.7 Å². The maximum Gasteiger partial charge on any atom is 0.335 e. The fourth-order valence-corrected chi connectivity index (χ4v) is 2.26. The van der Waals surface area contributed by atoms with Gasteiger partial charge in [0.05, 0.1) is 11.8 Å². The second-order valence-corrected chi connectivity index (χ2v) is 5.21. The third-order valence-electron chi connectivity index (χ3n) is 2.95. The van der Waals surface area contributed by atoms with Gasteiger partial charge < -0.3 is 5.11 Å². The Morgan fingerprint density at radius 2 is 2.20 bits per heavy atom. The zero-order valence-corrected chi connectivity index (χ0v) is 12.1. The molecule has 0 amide bonds. The molecule has 0 aliphatic carbocycles. The summed E-state index contributed by atoms with van der Waals surface area (Å²) in [6.45, 7) is 1.40. The fraction of sp³-hybridized carbons (Fsp3) is 0.286. The molecule has 0 aliphatic heterocycles. The minimum atomic E-state index is -0.970. The van der Waals surface area contributed by atoms with E-state index in [1.54, 1.807) is 16.8 Å². The molecule has 106 valence electrons. The number of carboxylic acid groups (broad SMARTS) is 1. The van der Waals surface area contributed by atoms with Gasteiger partial charge in [-0.15, -0.1) is 0 Å². The lowest BCUT2D eigenvalue weighted by Gasteiger charge is -2.16. The van der Waals surface area contributed by atoms with E-state index in [2.05, 4.69) is 10.00 Å². The van der Waals surface area contributed by atoms with E-state index in [1.807, 2.05) is 26.5 Å². The molecular weight excluding hydrogens is 278 g/mol. The first kappa shape index (κ1) is 14.6. The summed E-state index contributed by atoms with van der Waals surface area (Å²) in [7, 11) is 3.86. The molecule has 1 aromatic heterocycles. The first-order valence-corrected chi connectivity index (χ1v) is 6.51. The Kier molecular flexibility index (Phi) is 4.42. The summed E-state index contributed by atoms with van der Waals surface area (Å²) in [5.74, 6) is -0.970. The van der Waals surface area contributed by atoms with E-state index < -0.39 is 5.97 Å². The van der Waals surface area contributed by atoms with Gasteiger partial charge in [-0.25, -0.2) is 4.79 Å². The number of aromatic nitrogens is 2. The van der Waals surface area contributed by atoms with E-state index in [4.69, 9.17) is 16.7 Å². The first-order chi connectivity index (χ1) is 9.45. The molecule has 0 saturated heterocycles. The van der Waals surface area contributed by atoms with Gasteiger partial charge in [-0.2, -0.15) is 5.10 Å². The van der Waals surface area contributed by atoms with Crippen LogP contribution in [0.15, 0.2) is 30.6 Å². The van der Waals surface area contributed by atoms with Crippen LogP contribution in [0.3, 0.4) is 0 Å². The van der Waals surface area contributed by atoms with Gasteiger partial charge in [-0.3, -0.25) is 9.58 Å². The van der Waals surface area contributed by atoms with E-state index in [0.717, 1.165) is 17.7 Å². The Bertz CT molecular complexity index is 625. The molecule has 0 saturated carbocycles. The van der Waals surface area contributed by atoms with E-state index in [9.17, 15) is 4.79 Å². The fourth-order valence-electron chi connectivity index (χ4n) is 2.02. The van der Waals surface area contributed by atoms with Crippen molar-refractivity contribution in [2.45, 2.75) is 13.1 Å². The minimum absolute atomic E-state index is 0.202. The average Bonchev–Trinajstić information content (AvgIpc) is 2.77. The summed E-state index contributed by atoms with van der Waals surface area (Å²) in [5.41, 5.74) is 2.23. The molecule has 0 unspecified atom stereocenters. The highest BCUT2D eigenvalue weighted by Crippen LogP contribution is 2.20. The monoisotopic (exact) mass is 293 g/mol. The van der Waals surface area contributed by atoms with Crippen LogP contribution in [0.25, 0.3) is 0 Å². The summed E-state index contributed by atoms with van der Waals surface area (Å²) in [6, 6.07) is 4.81. The van der Waals surface area contributed by atoms with Gasteiger partial charge in [0.1, 0.15) is 0 Å². The molecule has 0 radical (unpaired) electrons. The molecule has 0 aliphatic rings. The third kappa shape index (κ3) is 3.59. The molecule has 1 N–H and O–H groups in total. The molecule has 0 bridgehead atoms. The van der Waals surface area contributed by atoms with E-state index in [0.29, 0.717) is 11.6 Å². The number of hydrogen-bond donors (Lipinski definition) is 1. The maximum absolute atomic E-state index is 10.9. The van der Waals surface area contributed by atoms with Crippen LogP contribution < -0.4 is 0 Å². The number of hydrogen-bond acceptors (Lipinski definition) is 3. The number of benzene rings is 1. The lowest BCUT2D eigenvalue weighted by Crippen LogP contribution is -2.17. The van der Waals surface area contributed by atoms with Crippen LogP contribution in [0.1, 0.15) is 21.5 Å². The molecule has 2 rings (SSSR count). The zero-order chi connectivity index (χ0) is 14.7. The van der Waals surface area contributed by atoms with Crippen molar-refractivity contribution in [3.63, 3.8) is 0 Å². The van der Waals surface area contributed by atoms with Gasteiger partial charge in [0.25, 0.3) is 0 Å². The molecule has 0 atom stereocenters. The summed E-state index contributed by atoms with van der Waals surface area (Å²) in [6.07, 6.45) is 3.79.